The number of hydrogen-bond donors (Lipinski definition) is 0. The second-order valence-corrected chi connectivity index (χ2v) is 4.40. The number of nitrogens with zero attached hydrogens (tertiary/aromatic N) is 2. The molecule has 4 heteroatoms. The highest BCUT2D eigenvalue weighted by Gasteiger charge is 2.16. The van der Waals surface area contributed by atoms with Gasteiger partial charge in [-0.3, -0.25) is 4.79 Å². The Morgan fingerprint density at radius 1 is 1.32 bits per heavy atom. The van der Waals surface area contributed by atoms with Crippen LogP contribution in [-0.4, -0.2) is 30.5 Å². The Labute approximate surface area is 114 Å². The summed E-state index contributed by atoms with van der Waals surface area (Å²) in [6.07, 6.45) is 1.88. The van der Waals surface area contributed by atoms with E-state index in [2.05, 4.69) is 13.8 Å². The fourth-order valence-electron chi connectivity index (χ4n) is 1.91. The number of benzene rings is 1. The SMILES string of the molecule is CCC(CC)N(C)C(=O)COc1ccc(C#N)cc1. The summed E-state index contributed by atoms with van der Waals surface area (Å²) in [5.41, 5.74) is 0.577. The monoisotopic (exact) mass is 260 g/mol. The number of rotatable bonds is 6. The number of carbonyl (C=O) groups is 1. The molecule has 0 heterocycles. The molecule has 1 rings (SSSR count). The van der Waals surface area contributed by atoms with E-state index in [1.807, 2.05) is 13.1 Å². The number of carbonyl (C=O) groups excluding carboxylic acids is 1. The fraction of sp³-hybridized carbons (Fsp3) is 0.467. The summed E-state index contributed by atoms with van der Waals surface area (Å²) >= 11 is 0. The number of nitriles is 1. The zero-order chi connectivity index (χ0) is 14.3. The molecule has 102 valence electrons. The normalized spacial score (nSPS) is 10.1. The minimum Gasteiger partial charge on any atom is -0.484 e. The molecule has 0 atom stereocenters. The summed E-state index contributed by atoms with van der Waals surface area (Å²) in [6, 6.07) is 9.03. The quantitative estimate of drug-likeness (QED) is 0.790. The highest BCUT2D eigenvalue weighted by molar-refractivity contribution is 5.77. The minimum atomic E-state index is -0.0296. The first-order valence-corrected chi connectivity index (χ1v) is 6.51. The van der Waals surface area contributed by atoms with Gasteiger partial charge in [0.25, 0.3) is 5.91 Å². The molecular formula is C15H20N2O2. The van der Waals surface area contributed by atoms with E-state index >= 15 is 0 Å². The van der Waals surface area contributed by atoms with E-state index in [1.165, 1.54) is 0 Å². The Balaban J connectivity index is 2.51. The summed E-state index contributed by atoms with van der Waals surface area (Å²) in [5.74, 6) is 0.573. The molecule has 0 radical (unpaired) electrons. The summed E-state index contributed by atoms with van der Waals surface area (Å²) in [4.78, 5) is 13.7. The van der Waals surface area contributed by atoms with Crippen LogP contribution in [0.2, 0.25) is 0 Å². The van der Waals surface area contributed by atoms with E-state index in [1.54, 1.807) is 29.2 Å². The predicted octanol–water partition coefficient (Wildman–Crippen LogP) is 2.58. The van der Waals surface area contributed by atoms with Crippen LogP contribution in [0.3, 0.4) is 0 Å². The Morgan fingerprint density at radius 3 is 2.37 bits per heavy atom. The molecule has 1 aromatic rings. The van der Waals surface area contributed by atoms with Gasteiger partial charge in [0, 0.05) is 13.1 Å². The van der Waals surface area contributed by atoms with Crippen LogP contribution in [0.1, 0.15) is 32.3 Å². The van der Waals surface area contributed by atoms with E-state index < -0.39 is 0 Å². The maximum atomic E-state index is 11.9. The van der Waals surface area contributed by atoms with Crippen molar-refractivity contribution in [3.63, 3.8) is 0 Å². The molecule has 0 spiro atoms. The van der Waals surface area contributed by atoms with E-state index in [9.17, 15) is 4.79 Å². The van der Waals surface area contributed by atoms with Crippen LogP contribution in [-0.2, 0) is 4.79 Å². The molecule has 4 nitrogen and oxygen atoms in total. The van der Waals surface area contributed by atoms with Gasteiger partial charge in [0.2, 0.25) is 0 Å². The van der Waals surface area contributed by atoms with Crippen molar-refractivity contribution in [1.82, 2.24) is 4.90 Å². The highest BCUT2D eigenvalue weighted by Crippen LogP contribution is 2.12. The van der Waals surface area contributed by atoms with Crippen LogP contribution in [0.4, 0.5) is 0 Å². The lowest BCUT2D eigenvalue weighted by Crippen LogP contribution is -2.39. The third-order valence-corrected chi connectivity index (χ3v) is 3.23. The van der Waals surface area contributed by atoms with Crippen molar-refractivity contribution >= 4 is 5.91 Å². The lowest BCUT2D eigenvalue weighted by Gasteiger charge is -2.26. The molecule has 0 aliphatic rings. The summed E-state index contributed by atoms with van der Waals surface area (Å²) in [5, 5.41) is 8.68. The molecule has 0 saturated heterocycles. The zero-order valence-electron chi connectivity index (χ0n) is 11.7. The molecule has 0 aliphatic heterocycles. The van der Waals surface area contributed by atoms with Gasteiger partial charge < -0.3 is 9.64 Å². The zero-order valence-corrected chi connectivity index (χ0v) is 11.7. The van der Waals surface area contributed by atoms with Crippen molar-refractivity contribution in [2.75, 3.05) is 13.7 Å². The Kier molecular flexibility index (Phi) is 5.87. The van der Waals surface area contributed by atoms with Crippen molar-refractivity contribution in [3.8, 4) is 11.8 Å². The second-order valence-electron chi connectivity index (χ2n) is 4.40. The van der Waals surface area contributed by atoms with Crippen LogP contribution < -0.4 is 4.74 Å². The lowest BCUT2D eigenvalue weighted by molar-refractivity contribution is -0.134. The molecule has 0 N–H and O–H groups in total. The molecule has 1 aromatic carbocycles. The molecule has 0 aliphatic carbocycles. The molecular weight excluding hydrogens is 240 g/mol. The largest absolute Gasteiger partial charge is 0.484 e. The maximum absolute atomic E-state index is 11.9. The first-order chi connectivity index (χ1) is 9.12. The first-order valence-electron chi connectivity index (χ1n) is 6.51. The van der Waals surface area contributed by atoms with Crippen LogP contribution >= 0.6 is 0 Å². The molecule has 0 bridgehead atoms. The third-order valence-electron chi connectivity index (χ3n) is 3.23. The third kappa shape index (κ3) is 4.29. The van der Waals surface area contributed by atoms with Crippen LogP contribution in [0.15, 0.2) is 24.3 Å². The van der Waals surface area contributed by atoms with Crippen molar-refractivity contribution in [2.24, 2.45) is 0 Å². The highest BCUT2D eigenvalue weighted by atomic mass is 16.5. The van der Waals surface area contributed by atoms with Crippen molar-refractivity contribution in [1.29, 1.82) is 5.26 Å². The van der Waals surface area contributed by atoms with Gasteiger partial charge in [-0.1, -0.05) is 13.8 Å². The van der Waals surface area contributed by atoms with Gasteiger partial charge in [0.05, 0.1) is 11.6 Å². The van der Waals surface area contributed by atoms with E-state index in [4.69, 9.17) is 10.00 Å². The Hall–Kier alpha value is -2.02. The second kappa shape index (κ2) is 7.42. The van der Waals surface area contributed by atoms with Gasteiger partial charge in [-0.05, 0) is 37.1 Å². The molecule has 0 unspecified atom stereocenters. The number of amides is 1. The topological polar surface area (TPSA) is 53.3 Å². The summed E-state index contributed by atoms with van der Waals surface area (Å²) < 4.78 is 5.43. The van der Waals surface area contributed by atoms with Crippen LogP contribution in [0.25, 0.3) is 0 Å². The van der Waals surface area contributed by atoms with E-state index in [-0.39, 0.29) is 18.6 Å². The molecule has 0 aromatic heterocycles. The van der Waals surface area contributed by atoms with Gasteiger partial charge in [-0.15, -0.1) is 0 Å². The van der Waals surface area contributed by atoms with Gasteiger partial charge >= 0.3 is 0 Å². The van der Waals surface area contributed by atoms with Crippen LogP contribution in [0, 0.1) is 11.3 Å². The van der Waals surface area contributed by atoms with Crippen molar-refractivity contribution in [2.45, 2.75) is 32.7 Å². The maximum Gasteiger partial charge on any atom is 0.260 e. The fourth-order valence-corrected chi connectivity index (χ4v) is 1.91. The van der Waals surface area contributed by atoms with E-state index in [0.29, 0.717) is 11.3 Å². The summed E-state index contributed by atoms with van der Waals surface area (Å²) in [6.45, 7) is 4.16. The van der Waals surface area contributed by atoms with E-state index in [0.717, 1.165) is 12.8 Å². The molecule has 1 amide bonds. The number of hydrogen-bond acceptors (Lipinski definition) is 3. The molecule has 19 heavy (non-hydrogen) atoms. The Morgan fingerprint density at radius 2 is 1.89 bits per heavy atom. The van der Waals surface area contributed by atoms with Crippen LogP contribution in [0.5, 0.6) is 5.75 Å². The van der Waals surface area contributed by atoms with Gasteiger partial charge in [0.1, 0.15) is 5.75 Å². The molecule has 0 fully saturated rings. The van der Waals surface area contributed by atoms with Crippen molar-refractivity contribution < 1.29 is 9.53 Å². The minimum absolute atomic E-state index is 0.0267. The standard InChI is InChI=1S/C15H20N2O2/c1-4-13(5-2)17(3)15(18)11-19-14-8-6-12(10-16)7-9-14/h6-9,13H,4-5,11H2,1-3H3. The molecule has 0 saturated carbocycles. The summed E-state index contributed by atoms with van der Waals surface area (Å²) in [7, 11) is 1.81. The smallest absolute Gasteiger partial charge is 0.260 e. The number of likely N-dealkylation sites (N-methyl/N-ethyl adjacent to an activating group) is 1. The van der Waals surface area contributed by atoms with Gasteiger partial charge in [-0.25, -0.2) is 0 Å². The Bertz CT molecular complexity index is 444. The van der Waals surface area contributed by atoms with Gasteiger partial charge in [0.15, 0.2) is 6.61 Å². The predicted molar refractivity (Wildman–Crippen MR) is 73.8 cm³/mol. The average Bonchev–Trinajstić information content (AvgIpc) is 2.46. The average molecular weight is 260 g/mol. The van der Waals surface area contributed by atoms with Gasteiger partial charge in [-0.2, -0.15) is 5.26 Å². The number of ether oxygens (including phenoxy) is 1. The first kappa shape index (κ1) is 15.0. The lowest BCUT2D eigenvalue weighted by atomic mass is 10.1. The van der Waals surface area contributed by atoms with Crippen molar-refractivity contribution in [3.05, 3.63) is 29.8 Å².